The summed E-state index contributed by atoms with van der Waals surface area (Å²) < 4.78 is 36.8. The molecule has 15 heavy (non-hydrogen) atoms. The van der Waals surface area contributed by atoms with Crippen molar-refractivity contribution in [1.82, 2.24) is 0 Å². The standard InChI is InChI=1S/C9H8F3NO2/c10-9(11,12)7(13)5-3-1-2-4-6(5)8(14)15/h1-4,7H,13H2,(H,14,15)/t7-/m0/s1. The Morgan fingerprint density at radius 3 is 2.33 bits per heavy atom. The second-order valence-corrected chi connectivity index (χ2v) is 2.91. The smallest absolute Gasteiger partial charge is 0.407 e. The molecule has 82 valence electrons. The fraction of sp³-hybridized carbons (Fsp3) is 0.222. The van der Waals surface area contributed by atoms with Gasteiger partial charge >= 0.3 is 12.1 Å². The molecule has 0 radical (unpaired) electrons. The lowest BCUT2D eigenvalue weighted by Gasteiger charge is -2.17. The van der Waals surface area contributed by atoms with Gasteiger partial charge in [0.25, 0.3) is 0 Å². The number of carboxylic acid groups (broad SMARTS) is 1. The van der Waals surface area contributed by atoms with E-state index in [1.165, 1.54) is 12.1 Å². The summed E-state index contributed by atoms with van der Waals surface area (Å²) in [7, 11) is 0. The van der Waals surface area contributed by atoms with Crippen LogP contribution in [0, 0.1) is 0 Å². The summed E-state index contributed by atoms with van der Waals surface area (Å²) in [6.45, 7) is 0. The topological polar surface area (TPSA) is 63.3 Å². The van der Waals surface area contributed by atoms with Crippen molar-refractivity contribution in [3.05, 3.63) is 35.4 Å². The van der Waals surface area contributed by atoms with E-state index in [-0.39, 0.29) is 0 Å². The van der Waals surface area contributed by atoms with Crippen molar-refractivity contribution < 1.29 is 23.1 Å². The molecule has 3 N–H and O–H groups in total. The van der Waals surface area contributed by atoms with Crippen molar-refractivity contribution in [2.75, 3.05) is 0 Å². The van der Waals surface area contributed by atoms with Gasteiger partial charge in [-0.2, -0.15) is 13.2 Å². The molecule has 0 spiro atoms. The SMILES string of the molecule is N[C@@H](c1ccccc1C(=O)O)C(F)(F)F. The third-order valence-corrected chi connectivity index (χ3v) is 1.88. The van der Waals surface area contributed by atoms with E-state index in [0.717, 1.165) is 12.1 Å². The monoisotopic (exact) mass is 219 g/mol. The van der Waals surface area contributed by atoms with E-state index in [4.69, 9.17) is 10.8 Å². The molecular weight excluding hydrogens is 211 g/mol. The minimum Gasteiger partial charge on any atom is -0.478 e. The maximum Gasteiger partial charge on any atom is 0.407 e. The second kappa shape index (κ2) is 3.90. The average molecular weight is 219 g/mol. The third-order valence-electron chi connectivity index (χ3n) is 1.88. The fourth-order valence-electron chi connectivity index (χ4n) is 1.14. The number of rotatable bonds is 2. The van der Waals surface area contributed by atoms with E-state index in [1.807, 2.05) is 0 Å². The Kier molecular flexibility index (Phi) is 2.99. The van der Waals surface area contributed by atoms with Gasteiger partial charge in [-0.3, -0.25) is 0 Å². The first kappa shape index (κ1) is 11.5. The molecule has 0 heterocycles. The largest absolute Gasteiger partial charge is 0.478 e. The Labute approximate surface area is 83.3 Å². The van der Waals surface area contributed by atoms with E-state index >= 15 is 0 Å². The first-order chi connectivity index (χ1) is 6.84. The molecular formula is C9H8F3NO2. The molecule has 1 atom stereocenters. The lowest BCUT2D eigenvalue weighted by atomic mass is 10.0. The molecule has 1 rings (SSSR count). The van der Waals surface area contributed by atoms with Crippen LogP contribution in [0.15, 0.2) is 24.3 Å². The fourth-order valence-corrected chi connectivity index (χ4v) is 1.14. The van der Waals surface area contributed by atoms with Crippen LogP contribution in [-0.2, 0) is 0 Å². The molecule has 0 saturated heterocycles. The molecule has 3 nitrogen and oxygen atoms in total. The Bertz CT molecular complexity index is 376. The van der Waals surface area contributed by atoms with Crippen LogP contribution in [0.4, 0.5) is 13.2 Å². The highest BCUT2D eigenvalue weighted by molar-refractivity contribution is 5.89. The zero-order valence-electron chi connectivity index (χ0n) is 7.45. The summed E-state index contributed by atoms with van der Waals surface area (Å²) >= 11 is 0. The lowest BCUT2D eigenvalue weighted by Crippen LogP contribution is -2.30. The van der Waals surface area contributed by atoms with Gasteiger partial charge in [0, 0.05) is 0 Å². The molecule has 0 unspecified atom stereocenters. The normalized spacial score (nSPS) is 13.6. The van der Waals surface area contributed by atoms with E-state index in [2.05, 4.69) is 0 Å². The summed E-state index contributed by atoms with van der Waals surface area (Å²) in [6, 6.07) is 2.53. The minimum absolute atomic E-state index is 0.428. The molecule has 1 aromatic carbocycles. The highest BCUT2D eigenvalue weighted by Gasteiger charge is 2.39. The first-order valence-corrected chi connectivity index (χ1v) is 3.98. The molecule has 0 aliphatic rings. The quantitative estimate of drug-likeness (QED) is 0.798. The average Bonchev–Trinajstić information content (AvgIpc) is 2.15. The summed E-state index contributed by atoms with van der Waals surface area (Å²) in [5.74, 6) is -1.43. The van der Waals surface area contributed by atoms with E-state index in [0.29, 0.717) is 0 Å². The predicted molar refractivity (Wildman–Crippen MR) is 46.4 cm³/mol. The van der Waals surface area contributed by atoms with Gasteiger partial charge in [0.1, 0.15) is 6.04 Å². The van der Waals surface area contributed by atoms with Gasteiger partial charge in [0.2, 0.25) is 0 Å². The van der Waals surface area contributed by atoms with E-state index in [1.54, 1.807) is 0 Å². The van der Waals surface area contributed by atoms with Crippen molar-refractivity contribution in [2.24, 2.45) is 5.73 Å². The Hall–Kier alpha value is -1.56. The first-order valence-electron chi connectivity index (χ1n) is 3.98. The van der Waals surface area contributed by atoms with Gasteiger partial charge in [-0.05, 0) is 11.6 Å². The van der Waals surface area contributed by atoms with Crippen LogP contribution in [-0.4, -0.2) is 17.3 Å². The number of hydrogen-bond donors (Lipinski definition) is 2. The van der Waals surface area contributed by atoms with Crippen molar-refractivity contribution in [1.29, 1.82) is 0 Å². The predicted octanol–water partition coefficient (Wildman–Crippen LogP) is 1.95. The summed E-state index contributed by atoms with van der Waals surface area (Å²) in [5.41, 5.74) is 4.06. The Balaban J connectivity index is 3.19. The molecule has 0 bridgehead atoms. The van der Waals surface area contributed by atoms with Gasteiger partial charge in [-0.25, -0.2) is 4.79 Å². The number of benzene rings is 1. The zero-order valence-corrected chi connectivity index (χ0v) is 7.45. The van der Waals surface area contributed by atoms with Gasteiger partial charge in [0.15, 0.2) is 0 Å². The third kappa shape index (κ3) is 2.47. The van der Waals surface area contributed by atoms with Crippen LogP contribution < -0.4 is 5.73 Å². The van der Waals surface area contributed by atoms with Gasteiger partial charge in [0.05, 0.1) is 5.56 Å². The lowest BCUT2D eigenvalue weighted by molar-refractivity contribution is -0.149. The van der Waals surface area contributed by atoms with E-state index in [9.17, 15) is 18.0 Å². The Morgan fingerprint density at radius 1 is 1.33 bits per heavy atom. The summed E-state index contributed by atoms with van der Waals surface area (Å²) in [5, 5.41) is 8.66. The van der Waals surface area contributed by atoms with Crippen molar-refractivity contribution in [3.8, 4) is 0 Å². The molecule has 6 heteroatoms. The molecule has 1 aromatic rings. The van der Waals surface area contributed by atoms with Crippen LogP contribution in [0.1, 0.15) is 22.0 Å². The molecule has 0 aliphatic carbocycles. The van der Waals surface area contributed by atoms with Crippen LogP contribution in [0.3, 0.4) is 0 Å². The second-order valence-electron chi connectivity index (χ2n) is 2.91. The van der Waals surface area contributed by atoms with Gasteiger partial charge in [-0.1, -0.05) is 18.2 Å². The summed E-state index contributed by atoms with van der Waals surface area (Å²) in [4.78, 5) is 10.6. The van der Waals surface area contributed by atoms with Crippen molar-refractivity contribution >= 4 is 5.97 Å². The molecule has 0 aromatic heterocycles. The number of aromatic carboxylic acids is 1. The number of halogens is 3. The molecule has 0 aliphatic heterocycles. The highest BCUT2D eigenvalue weighted by atomic mass is 19.4. The van der Waals surface area contributed by atoms with Crippen LogP contribution in [0.25, 0.3) is 0 Å². The zero-order chi connectivity index (χ0) is 11.6. The number of carboxylic acids is 1. The molecule has 0 saturated carbocycles. The van der Waals surface area contributed by atoms with Crippen molar-refractivity contribution in [3.63, 3.8) is 0 Å². The number of alkyl halides is 3. The molecule has 0 fully saturated rings. The van der Waals surface area contributed by atoms with Crippen LogP contribution >= 0.6 is 0 Å². The highest BCUT2D eigenvalue weighted by Crippen LogP contribution is 2.32. The van der Waals surface area contributed by atoms with Crippen molar-refractivity contribution in [2.45, 2.75) is 12.2 Å². The molecule has 0 amide bonds. The minimum atomic E-state index is -4.65. The van der Waals surface area contributed by atoms with Gasteiger partial charge < -0.3 is 10.8 Å². The summed E-state index contributed by atoms with van der Waals surface area (Å²) in [6.07, 6.45) is -4.65. The van der Waals surface area contributed by atoms with E-state index < -0.39 is 29.3 Å². The maximum atomic E-state index is 12.3. The maximum absolute atomic E-state index is 12.3. The van der Waals surface area contributed by atoms with Crippen LogP contribution in [0.2, 0.25) is 0 Å². The Morgan fingerprint density at radius 2 is 1.87 bits per heavy atom. The number of hydrogen-bond acceptors (Lipinski definition) is 2. The number of nitrogens with two attached hydrogens (primary N) is 1. The number of carbonyl (C=O) groups is 1. The van der Waals surface area contributed by atoms with Gasteiger partial charge in [-0.15, -0.1) is 0 Å². The van der Waals surface area contributed by atoms with Crippen LogP contribution in [0.5, 0.6) is 0 Å².